The van der Waals surface area contributed by atoms with Gasteiger partial charge < -0.3 is 0 Å². The molecule has 0 spiro atoms. The van der Waals surface area contributed by atoms with E-state index in [1.54, 1.807) is 12.1 Å². The lowest BCUT2D eigenvalue weighted by molar-refractivity contribution is 0.111. The highest BCUT2D eigenvalue weighted by molar-refractivity contribution is 5.81. The van der Waals surface area contributed by atoms with Gasteiger partial charge >= 0.3 is 0 Å². The van der Waals surface area contributed by atoms with Crippen molar-refractivity contribution in [3.8, 4) is 11.4 Å². The van der Waals surface area contributed by atoms with Gasteiger partial charge in [-0.3, -0.25) is 4.79 Å². The van der Waals surface area contributed by atoms with Crippen molar-refractivity contribution >= 4 is 6.29 Å². The van der Waals surface area contributed by atoms with E-state index in [2.05, 4.69) is 25.6 Å². The predicted molar refractivity (Wildman–Crippen MR) is 47.5 cm³/mol. The summed E-state index contributed by atoms with van der Waals surface area (Å²) in [5.41, 5.74) is 2.01. The minimum absolute atomic E-state index is 0.239. The van der Waals surface area contributed by atoms with Crippen molar-refractivity contribution in [3.05, 3.63) is 23.5 Å². The molecule has 0 aromatic carbocycles. The maximum atomic E-state index is 10.6. The molecule has 0 fully saturated rings. The standard InChI is InChI=1S/C8H7N5O/c1-5-2-3-6(10-9-5)8-7(4-14)11-13-12-8/h2-4H,1H3,(H,11,12,13). The number of carbonyl (C=O) groups is 1. The Morgan fingerprint density at radius 1 is 1.29 bits per heavy atom. The molecular formula is C8H7N5O. The average Bonchev–Trinajstić information content (AvgIpc) is 2.67. The van der Waals surface area contributed by atoms with Crippen LogP contribution in [0.15, 0.2) is 12.1 Å². The van der Waals surface area contributed by atoms with E-state index in [0.29, 0.717) is 17.7 Å². The molecule has 14 heavy (non-hydrogen) atoms. The Hall–Kier alpha value is -2.11. The van der Waals surface area contributed by atoms with Gasteiger partial charge in [0, 0.05) is 0 Å². The summed E-state index contributed by atoms with van der Waals surface area (Å²) >= 11 is 0. The number of H-pyrrole nitrogens is 1. The fourth-order valence-electron chi connectivity index (χ4n) is 1.03. The number of nitrogens with one attached hydrogen (secondary N) is 1. The van der Waals surface area contributed by atoms with Crippen LogP contribution in [0, 0.1) is 6.92 Å². The van der Waals surface area contributed by atoms with E-state index < -0.39 is 0 Å². The zero-order valence-electron chi connectivity index (χ0n) is 7.43. The van der Waals surface area contributed by atoms with Gasteiger partial charge in [0.1, 0.15) is 11.4 Å². The average molecular weight is 189 g/mol. The summed E-state index contributed by atoms with van der Waals surface area (Å²) in [6.07, 6.45) is 0.625. The first-order chi connectivity index (χ1) is 6.81. The Morgan fingerprint density at radius 2 is 2.14 bits per heavy atom. The predicted octanol–water partition coefficient (Wildman–Crippen LogP) is 0.383. The number of aromatic amines is 1. The molecular weight excluding hydrogens is 182 g/mol. The number of nitrogens with zero attached hydrogens (tertiary/aromatic N) is 4. The zero-order valence-corrected chi connectivity index (χ0v) is 7.43. The Labute approximate surface area is 79.4 Å². The number of rotatable bonds is 2. The summed E-state index contributed by atoms with van der Waals surface area (Å²) in [6, 6.07) is 3.54. The highest BCUT2D eigenvalue weighted by atomic mass is 16.1. The molecule has 0 aliphatic heterocycles. The number of aryl methyl sites for hydroxylation is 1. The second-order valence-corrected chi connectivity index (χ2v) is 2.74. The van der Waals surface area contributed by atoms with E-state index >= 15 is 0 Å². The molecule has 0 unspecified atom stereocenters. The van der Waals surface area contributed by atoms with Crippen LogP contribution in [-0.2, 0) is 0 Å². The fraction of sp³-hybridized carbons (Fsp3) is 0.125. The summed E-state index contributed by atoms with van der Waals surface area (Å²) in [5, 5.41) is 17.6. The normalized spacial score (nSPS) is 10.1. The van der Waals surface area contributed by atoms with E-state index in [-0.39, 0.29) is 5.69 Å². The summed E-state index contributed by atoms with van der Waals surface area (Å²) in [7, 11) is 0. The first-order valence-corrected chi connectivity index (χ1v) is 3.98. The minimum atomic E-state index is 0.239. The Kier molecular flexibility index (Phi) is 2.02. The van der Waals surface area contributed by atoms with E-state index in [1.165, 1.54) is 0 Å². The summed E-state index contributed by atoms with van der Waals surface area (Å²) in [6.45, 7) is 1.83. The summed E-state index contributed by atoms with van der Waals surface area (Å²) < 4.78 is 0. The molecule has 0 radical (unpaired) electrons. The van der Waals surface area contributed by atoms with E-state index in [4.69, 9.17) is 0 Å². The van der Waals surface area contributed by atoms with Crippen molar-refractivity contribution in [2.45, 2.75) is 6.92 Å². The molecule has 0 saturated carbocycles. The second-order valence-electron chi connectivity index (χ2n) is 2.74. The molecule has 2 rings (SSSR count). The number of hydrogen-bond donors (Lipinski definition) is 1. The molecule has 0 bridgehead atoms. The van der Waals surface area contributed by atoms with Crippen LogP contribution in [0.4, 0.5) is 0 Å². The summed E-state index contributed by atoms with van der Waals surface area (Å²) in [5.74, 6) is 0. The third-order valence-corrected chi connectivity index (χ3v) is 1.73. The van der Waals surface area contributed by atoms with Crippen molar-refractivity contribution < 1.29 is 4.79 Å². The maximum absolute atomic E-state index is 10.6. The first-order valence-electron chi connectivity index (χ1n) is 3.98. The number of aldehydes is 1. The lowest BCUT2D eigenvalue weighted by Gasteiger charge is -1.94. The van der Waals surface area contributed by atoms with Gasteiger partial charge in [-0.1, -0.05) is 0 Å². The Balaban J connectivity index is 2.49. The molecule has 6 heteroatoms. The molecule has 2 aromatic heterocycles. The van der Waals surface area contributed by atoms with Gasteiger partial charge in [0.2, 0.25) is 0 Å². The van der Waals surface area contributed by atoms with Crippen molar-refractivity contribution in [2.24, 2.45) is 0 Å². The molecule has 6 nitrogen and oxygen atoms in total. The smallest absolute Gasteiger partial charge is 0.172 e. The molecule has 0 atom stereocenters. The van der Waals surface area contributed by atoms with Crippen molar-refractivity contribution in [1.29, 1.82) is 0 Å². The van der Waals surface area contributed by atoms with Crippen LogP contribution in [0.3, 0.4) is 0 Å². The number of hydrogen-bond acceptors (Lipinski definition) is 5. The highest BCUT2D eigenvalue weighted by Gasteiger charge is 2.10. The molecule has 2 heterocycles. The Bertz CT molecular complexity index is 447. The molecule has 0 saturated heterocycles. The molecule has 0 aliphatic rings. The Morgan fingerprint density at radius 3 is 2.79 bits per heavy atom. The monoisotopic (exact) mass is 189 g/mol. The second kappa shape index (κ2) is 3.33. The summed E-state index contributed by atoms with van der Waals surface area (Å²) in [4.78, 5) is 10.6. The topological polar surface area (TPSA) is 84.4 Å². The van der Waals surface area contributed by atoms with Crippen LogP contribution in [0.25, 0.3) is 11.4 Å². The van der Waals surface area contributed by atoms with Gasteiger partial charge in [0.05, 0.1) is 5.69 Å². The van der Waals surface area contributed by atoms with Gasteiger partial charge in [0.15, 0.2) is 12.0 Å². The van der Waals surface area contributed by atoms with Crippen LogP contribution in [0.1, 0.15) is 16.2 Å². The van der Waals surface area contributed by atoms with Gasteiger partial charge in [0.25, 0.3) is 0 Å². The van der Waals surface area contributed by atoms with E-state index in [9.17, 15) is 4.79 Å². The lowest BCUT2D eigenvalue weighted by atomic mass is 10.2. The quantitative estimate of drug-likeness (QED) is 0.690. The molecule has 2 aromatic rings. The third-order valence-electron chi connectivity index (χ3n) is 1.73. The molecule has 0 amide bonds. The van der Waals surface area contributed by atoms with Gasteiger partial charge in [-0.05, 0) is 19.1 Å². The van der Waals surface area contributed by atoms with Crippen LogP contribution >= 0.6 is 0 Å². The maximum Gasteiger partial charge on any atom is 0.172 e. The van der Waals surface area contributed by atoms with E-state index in [0.717, 1.165) is 5.69 Å². The van der Waals surface area contributed by atoms with Crippen molar-refractivity contribution in [2.75, 3.05) is 0 Å². The van der Waals surface area contributed by atoms with Crippen molar-refractivity contribution in [1.82, 2.24) is 25.6 Å². The van der Waals surface area contributed by atoms with E-state index in [1.807, 2.05) is 6.92 Å². The zero-order chi connectivity index (χ0) is 9.97. The van der Waals surface area contributed by atoms with Crippen LogP contribution < -0.4 is 0 Å². The van der Waals surface area contributed by atoms with Gasteiger partial charge in [-0.25, -0.2) is 0 Å². The SMILES string of the molecule is Cc1ccc(-c2n[nH]nc2C=O)nn1. The van der Waals surface area contributed by atoms with Crippen LogP contribution in [0.5, 0.6) is 0 Å². The number of aromatic nitrogens is 5. The van der Waals surface area contributed by atoms with Crippen LogP contribution in [0.2, 0.25) is 0 Å². The fourth-order valence-corrected chi connectivity index (χ4v) is 1.03. The third kappa shape index (κ3) is 1.37. The van der Waals surface area contributed by atoms with Crippen molar-refractivity contribution in [3.63, 3.8) is 0 Å². The molecule has 70 valence electrons. The molecule has 1 N–H and O–H groups in total. The highest BCUT2D eigenvalue weighted by Crippen LogP contribution is 2.14. The molecule has 0 aliphatic carbocycles. The largest absolute Gasteiger partial charge is 0.296 e. The van der Waals surface area contributed by atoms with Gasteiger partial charge in [-0.2, -0.15) is 20.5 Å². The van der Waals surface area contributed by atoms with Crippen LogP contribution in [-0.4, -0.2) is 31.9 Å². The lowest BCUT2D eigenvalue weighted by Crippen LogP contribution is -1.92. The first kappa shape index (κ1) is 8.49. The van der Waals surface area contributed by atoms with Gasteiger partial charge in [-0.15, -0.1) is 5.10 Å². The minimum Gasteiger partial charge on any atom is -0.296 e. The number of carbonyl (C=O) groups excluding carboxylic acids is 1.